The number of nitrogens with zero attached hydrogens (tertiary/aromatic N) is 1. The van der Waals surface area contributed by atoms with Crippen molar-refractivity contribution in [1.29, 1.82) is 0 Å². The van der Waals surface area contributed by atoms with Gasteiger partial charge >= 0.3 is 0 Å². The smallest absolute Gasteiger partial charge is 0.120 e. The molecule has 1 heterocycles. The fourth-order valence-electron chi connectivity index (χ4n) is 5.20. The Morgan fingerprint density at radius 1 is 0.545 bits per heavy atom. The minimum atomic E-state index is -0.384. The molecule has 1 aromatic heterocycles. The van der Waals surface area contributed by atoms with Gasteiger partial charge in [-0.25, -0.2) is 4.98 Å². The van der Waals surface area contributed by atoms with Crippen LogP contribution in [0.4, 0.5) is 0 Å². The monoisotopic (exact) mass is 551 g/mol. The third kappa shape index (κ3) is 3.14. The Balaban J connectivity index is 1.71. The summed E-state index contributed by atoms with van der Waals surface area (Å²) in [6, 6.07) is 39.5. The molecule has 0 unspecified atom stereocenters. The predicted octanol–water partition coefficient (Wildman–Crippen LogP) is 8.64. The van der Waals surface area contributed by atoms with E-state index in [0.29, 0.717) is 0 Å². The van der Waals surface area contributed by atoms with Gasteiger partial charge in [0.2, 0.25) is 0 Å². The third-order valence-electron chi connectivity index (χ3n) is 6.59. The minimum Gasteiger partial charge on any atom is -0.248 e. The molecular weight excluding hydrogens is 534 g/mol. The Labute approximate surface area is 210 Å². The van der Waals surface area contributed by atoms with Crippen molar-refractivity contribution >= 4 is 31.9 Å². The van der Waals surface area contributed by atoms with E-state index >= 15 is 0 Å². The van der Waals surface area contributed by atoms with E-state index in [-0.39, 0.29) is 5.41 Å². The summed E-state index contributed by atoms with van der Waals surface area (Å²) in [5, 5.41) is 0. The van der Waals surface area contributed by atoms with Crippen molar-refractivity contribution < 1.29 is 0 Å². The number of fused-ring (bicyclic) bond motifs is 3. The number of halogens is 2. The van der Waals surface area contributed by atoms with Crippen LogP contribution < -0.4 is 0 Å². The van der Waals surface area contributed by atoms with E-state index in [0.717, 1.165) is 20.2 Å². The van der Waals surface area contributed by atoms with Crippen molar-refractivity contribution in [1.82, 2.24) is 4.98 Å². The highest BCUT2D eigenvalue weighted by atomic mass is 79.9. The predicted molar refractivity (Wildman–Crippen MR) is 142 cm³/mol. The largest absolute Gasteiger partial charge is 0.248 e. The highest BCUT2D eigenvalue weighted by molar-refractivity contribution is 9.13. The maximum absolute atomic E-state index is 4.51. The molecule has 158 valence electrons. The maximum Gasteiger partial charge on any atom is 0.120 e. The van der Waals surface area contributed by atoms with Crippen LogP contribution in [0.1, 0.15) is 22.3 Å². The van der Waals surface area contributed by atoms with Gasteiger partial charge in [0.15, 0.2) is 0 Å². The van der Waals surface area contributed by atoms with E-state index in [1.807, 2.05) is 6.20 Å². The Hall–Kier alpha value is -3.01. The second kappa shape index (κ2) is 8.09. The molecular formula is C30H19Br2N. The van der Waals surface area contributed by atoms with Crippen LogP contribution in [0.2, 0.25) is 0 Å². The van der Waals surface area contributed by atoms with Crippen LogP contribution in [-0.4, -0.2) is 4.98 Å². The molecule has 0 bridgehead atoms. The molecule has 1 aliphatic rings. The maximum atomic E-state index is 4.51. The van der Waals surface area contributed by atoms with Crippen LogP contribution in [0.25, 0.3) is 22.3 Å². The van der Waals surface area contributed by atoms with Crippen molar-refractivity contribution in [3.63, 3.8) is 0 Å². The molecule has 0 atom stereocenters. The van der Waals surface area contributed by atoms with E-state index in [1.165, 1.54) is 33.4 Å². The van der Waals surface area contributed by atoms with Crippen LogP contribution in [0.5, 0.6) is 0 Å². The summed E-state index contributed by atoms with van der Waals surface area (Å²) in [4.78, 5) is 4.51. The Kier molecular flexibility index (Phi) is 5.05. The van der Waals surface area contributed by atoms with Crippen molar-refractivity contribution in [2.45, 2.75) is 5.41 Å². The standard InChI is InChI=1S/C30H19Br2N/c31-28-18-21(19-33-29(28)32)20-15-16-25-24-13-7-8-14-26(24)30(27(25)17-20,22-9-3-1-4-10-22)23-11-5-2-6-12-23/h1-19H. The SMILES string of the molecule is Brc1cc(-c2ccc3c(c2)C(c2ccccc2)(c2ccccc2)c2ccccc2-3)cnc1Br. The number of hydrogen-bond acceptors (Lipinski definition) is 1. The van der Waals surface area contributed by atoms with E-state index in [1.54, 1.807) is 0 Å². The highest BCUT2D eigenvalue weighted by Crippen LogP contribution is 2.56. The number of hydrogen-bond donors (Lipinski definition) is 0. The van der Waals surface area contributed by atoms with Gasteiger partial charge in [-0.1, -0.05) is 97.1 Å². The zero-order valence-corrected chi connectivity index (χ0v) is 20.8. The first-order valence-electron chi connectivity index (χ1n) is 10.9. The molecule has 0 radical (unpaired) electrons. The molecule has 0 saturated carbocycles. The number of rotatable bonds is 3. The van der Waals surface area contributed by atoms with E-state index in [4.69, 9.17) is 0 Å². The molecule has 5 aromatic rings. The second-order valence-corrected chi connectivity index (χ2v) is 9.89. The average molecular weight is 553 g/mol. The number of benzene rings is 4. The van der Waals surface area contributed by atoms with Crippen molar-refractivity contribution in [3.8, 4) is 22.3 Å². The Morgan fingerprint density at radius 3 is 1.82 bits per heavy atom. The zero-order valence-electron chi connectivity index (χ0n) is 17.7. The lowest BCUT2D eigenvalue weighted by atomic mass is 9.67. The van der Waals surface area contributed by atoms with Crippen LogP contribution in [0.15, 0.2) is 124 Å². The Morgan fingerprint density at radius 2 is 1.15 bits per heavy atom. The van der Waals surface area contributed by atoms with Crippen LogP contribution in [0, 0.1) is 0 Å². The summed E-state index contributed by atoms with van der Waals surface area (Å²) >= 11 is 7.11. The topological polar surface area (TPSA) is 12.9 Å². The van der Waals surface area contributed by atoms with E-state index in [9.17, 15) is 0 Å². The second-order valence-electron chi connectivity index (χ2n) is 8.28. The first kappa shape index (κ1) is 20.6. The Bertz CT molecular complexity index is 1440. The summed E-state index contributed by atoms with van der Waals surface area (Å²) in [6.07, 6.45) is 1.92. The minimum absolute atomic E-state index is 0.384. The third-order valence-corrected chi connectivity index (χ3v) is 8.36. The highest BCUT2D eigenvalue weighted by Gasteiger charge is 2.45. The van der Waals surface area contributed by atoms with E-state index in [2.05, 4.69) is 146 Å². The molecule has 0 N–H and O–H groups in total. The van der Waals surface area contributed by atoms with Crippen molar-refractivity contribution in [2.75, 3.05) is 0 Å². The fourth-order valence-corrected chi connectivity index (χ4v) is 5.77. The quantitative estimate of drug-likeness (QED) is 0.200. The molecule has 0 aliphatic heterocycles. The summed E-state index contributed by atoms with van der Waals surface area (Å²) in [6.45, 7) is 0. The van der Waals surface area contributed by atoms with Gasteiger partial charge in [-0.3, -0.25) is 0 Å². The zero-order chi connectivity index (χ0) is 22.4. The summed E-state index contributed by atoms with van der Waals surface area (Å²) in [5.41, 5.74) is 9.60. The van der Waals surface area contributed by atoms with E-state index < -0.39 is 0 Å². The molecule has 0 spiro atoms. The molecule has 0 fully saturated rings. The summed E-state index contributed by atoms with van der Waals surface area (Å²) < 4.78 is 1.75. The fraction of sp³-hybridized carbons (Fsp3) is 0.0333. The van der Waals surface area contributed by atoms with Gasteiger partial charge in [0.1, 0.15) is 4.60 Å². The molecule has 4 aromatic carbocycles. The molecule has 33 heavy (non-hydrogen) atoms. The first-order chi connectivity index (χ1) is 16.2. The van der Waals surface area contributed by atoms with Crippen LogP contribution in [0.3, 0.4) is 0 Å². The van der Waals surface area contributed by atoms with Gasteiger partial charge in [-0.2, -0.15) is 0 Å². The van der Waals surface area contributed by atoms with Gasteiger partial charge in [0.25, 0.3) is 0 Å². The van der Waals surface area contributed by atoms with Gasteiger partial charge in [0, 0.05) is 11.8 Å². The molecule has 1 aliphatic carbocycles. The van der Waals surface area contributed by atoms with Crippen LogP contribution in [-0.2, 0) is 5.41 Å². The van der Waals surface area contributed by atoms with Crippen LogP contribution >= 0.6 is 31.9 Å². The first-order valence-corrected chi connectivity index (χ1v) is 12.4. The summed E-state index contributed by atoms with van der Waals surface area (Å²) in [7, 11) is 0. The van der Waals surface area contributed by atoms with Crippen molar-refractivity contribution in [2.24, 2.45) is 0 Å². The summed E-state index contributed by atoms with van der Waals surface area (Å²) in [5.74, 6) is 0. The molecule has 0 saturated heterocycles. The normalized spacial score (nSPS) is 13.4. The van der Waals surface area contributed by atoms with Gasteiger partial charge in [0.05, 0.1) is 9.89 Å². The lowest BCUT2D eigenvalue weighted by molar-refractivity contribution is 0.769. The molecule has 1 nitrogen and oxygen atoms in total. The van der Waals surface area contributed by atoms with Crippen molar-refractivity contribution in [3.05, 3.63) is 147 Å². The molecule has 0 amide bonds. The van der Waals surface area contributed by atoms with Gasteiger partial charge < -0.3 is 0 Å². The average Bonchev–Trinajstić information content (AvgIpc) is 3.17. The number of pyridine rings is 1. The molecule has 3 heteroatoms. The van der Waals surface area contributed by atoms with Gasteiger partial charge in [-0.15, -0.1) is 0 Å². The van der Waals surface area contributed by atoms with Gasteiger partial charge in [-0.05, 0) is 82.9 Å². The molecule has 6 rings (SSSR count). The lowest BCUT2D eigenvalue weighted by Gasteiger charge is -2.34. The number of aromatic nitrogens is 1. The lowest BCUT2D eigenvalue weighted by Crippen LogP contribution is -2.28.